The zero-order chi connectivity index (χ0) is 44.1. The van der Waals surface area contributed by atoms with Crippen LogP contribution < -0.4 is 0 Å². The number of carbonyl (C=O) groups excluding carboxylic acids is 2. The van der Waals surface area contributed by atoms with E-state index in [-0.39, 0.29) is 19.4 Å². The molecule has 0 aromatic heterocycles. The Morgan fingerprint density at radius 1 is 0.583 bits per heavy atom. The van der Waals surface area contributed by atoms with Gasteiger partial charge in [0.2, 0.25) is 0 Å². The number of aliphatic hydroxyl groups is 3. The van der Waals surface area contributed by atoms with Crippen molar-refractivity contribution in [3.63, 3.8) is 0 Å². The number of carbonyl (C=O) groups is 2. The molecule has 0 saturated carbocycles. The average Bonchev–Trinajstić information content (AvgIpc) is 3.21. The summed E-state index contributed by atoms with van der Waals surface area (Å²) in [6.07, 6.45) is 35.5. The average molecular weight is 869 g/mol. The molecule has 1 fully saturated rings. The molecule has 60 heavy (non-hydrogen) atoms. The van der Waals surface area contributed by atoms with Crippen molar-refractivity contribution < 1.29 is 56.8 Å². The van der Waals surface area contributed by atoms with Crippen molar-refractivity contribution in [2.45, 2.75) is 205 Å². The minimum Gasteiger partial charge on any atom is -0.462 e. The number of aliphatic hydroxyl groups excluding tert-OH is 3. The minimum absolute atomic E-state index is 0.126. The lowest BCUT2D eigenvalue weighted by molar-refractivity contribution is -0.297. The van der Waals surface area contributed by atoms with Crippen LogP contribution in [0.4, 0.5) is 0 Å². The van der Waals surface area contributed by atoms with E-state index in [1.807, 2.05) is 0 Å². The van der Waals surface area contributed by atoms with E-state index in [2.05, 4.69) is 74.6 Å². The van der Waals surface area contributed by atoms with Crippen LogP contribution in [0, 0.1) is 0 Å². The highest BCUT2D eigenvalue weighted by molar-refractivity contribution is 7.85. The number of hydrogen-bond acceptors (Lipinski definition) is 11. The van der Waals surface area contributed by atoms with E-state index in [4.69, 9.17) is 18.9 Å². The molecule has 346 valence electrons. The molecule has 1 rings (SSSR count). The number of esters is 2. The maximum Gasteiger partial charge on any atom is 0.306 e. The number of hydrogen-bond donors (Lipinski definition) is 4. The second kappa shape index (κ2) is 37.0. The van der Waals surface area contributed by atoms with Crippen LogP contribution in [0.2, 0.25) is 0 Å². The van der Waals surface area contributed by atoms with Gasteiger partial charge in [0.05, 0.1) is 6.61 Å². The van der Waals surface area contributed by atoms with Gasteiger partial charge in [0.15, 0.2) is 12.4 Å². The summed E-state index contributed by atoms with van der Waals surface area (Å²) in [5.41, 5.74) is 0. The molecule has 1 saturated heterocycles. The summed E-state index contributed by atoms with van der Waals surface area (Å²) < 4.78 is 54.0. The molecule has 0 aliphatic carbocycles. The summed E-state index contributed by atoms with van der Waals surface area (Å²) >= 11 is 0. The molecule has 12 nitrogen and oxygen atoms in total. The van der Waals surface area contributed by atoms with Crippen LogP contribution in [-0.4, -0.2) is 96.0 Å². The van der Waals surface area contributed by atoms with E-state index >= 15 is 0 Å². The molecule has 0 aromatic carbocycles. The number of ether oxygens (including phenoxy) is 4. The van der Waals surface area contributed by atoms with E-state index in [0.717, 1.165) is 70.6 Å². The van der Waals surface area contributed by atoms with Crippen molar-refractivity contribution in [2.75, 3.05) is 19.0 Å². The SMILES string of the molecule is CC/C=C\C/C=C\C/C=C\CCCCCC(=O)OC(COC(=O)CCCCCCCCCCC/C=C\C/C=C\CCCCC)COC1OC(CS(=O)(=O)O)C(O)C(O)C1O. The van der Waals surface area contributed by atoms with Crippen LogP contribution in [0.15, 0.2) is 60.8 Å². The van der Waals surface area contributed by atoms with Crippen molar-refractivity contribution in [2.24, 2.45) is 0 Å². The Morgan fingerprint density at radius 2 is 1.05 bits per heavy atom. The molecule has 1 aliphatic rings. The molecule has 6 unspecified atom stereocenters. The maximum atomic E-state index is 12.8. The highest BCUT2D eigenvalue weighted by Gasteiger charge is 2.46. The molecule has 6 atom stereocenters. The molecule has 0 amide bonds. The first kappa shape index (κ1) is 55.4. The molecular formula is C47H80O12S. The molecular weight excluding hydrogens is 789 g/mol. The third-order valence-corrected chi connectivity index (χ3v) is 10.8. The fraction of sp³-hybridized carbons (Fsp3) is 0.745. The molecule has 0 aromatic rings. The van der Waals surface area contributed by atoms with E-state index in [1.165, 1.54) is 57.8 Å². The summed E-state index contributed by atoms with van der Waals surface area (Å²) in [7, 11) is -4.61. The molecule has 13 heteroatoms. The van der Waals surface area contributed by atoms with Crippen molar-refractivity contribution >= 4 is 22.1 Å². The number of allylic oxidation sites excluding steroid dienone is 10. The first-order chi connectivity index (χ1) is 29.0. The summed E-state index contributed by atoms with van der Waals surface area (Å²) in [4.78, 5) is 25.4. The third-order valence-electron chi connectivity index (χ3n) is 10.1. The Balaban J connectivity index is 2.43. The first-order valence-electron chi connectivity index (χ1n) is 22.8. The fourth-order valence-electron chi connectivity index (χ4n) is 6.54. The van der Waals surface area contributed by atoms with Gasteiger partial charge in [-0.25, -0.2) is 0 Å². The highest BCUT2D eigenvalue weighted by atomic mass is 32.2. The monoisotopic (exact) mass is 869 g/mol. The van der Waals surface area contributed by atoms with Crippen LogP contribution >= 0.6 is 0 Å². The van der Waals surface area contributed by atoms with Crippen molar-refractivity contribution in [1.29, 1.82) is 0 Å². The standard InChI is InChI=1S/C47H80O12S/c1-3-5-7-9-11-13-15-17-18-19-20-21-22-24-25-27-29-31-33-35-42(48)56-37-40(38-57-47-46(52)45(51)44(50)41(59-47)39-60(53,54)55)58-43(49)36-34-32-30-28-26-23-16-14-12-10-8-6-4-2/h6,8,11-14,17-18,23,26,40-41,44-47,50-52H,3-5,7,9-10,15-16,19-22,24-25,27-39H2,1-2H3,(H,53,54,55)/b8-6-,13-11-,14-12-,18-17-,26-23-. The van der Waals surface area contributed by atoms with E-state index in [1.54, 1.807) is 0 Å². The molecule has 4 N–H and O–H groups in total. The van der Waals surface area contributed by atoms with Gasteiger partial charge in [0.25, 0.3) is 10.1 Å². The van der Waals surface area contributed by atoms with Crippen LogP contribution in [0.1, 0.15) is 168 Å². The topological polar surface area (TPSA) is 186 Å². The summed E-state index contributed by atoms with van der Waals surface area (Å²) in [6.45, 7) is 3.58. The zero-order valence-corrected chi connectivity index (χ0v) is 37.6. The summed E-state index contributed by atoms with van der Waals surface area (Å²) in [6, 6.07) is 0. The summed E-state index contributed by atoms with van der Waals surface area (Å²) in [5.74, 6) is -2.03. The summed E-state index contributed by atoms with van der Waals surface area (Å²) in [5, 5.41) is 30.9. The van der Waals surface area contributed by atoms with Crippen molar-refractivity contribution in [3.8, 4) is 0 Å². The number of rotatable bonds is 37. The Bertz CT molecular complexity index is 1340. The smallest absolute Gasteiger partial charge is 0.306 e. The van der Waals surface area contributed by atoms with E-state index in [0.29, 0.717) is 12.8 Å². The van der Waals surface area contributed by atoms with Gasteiger partial charge in [-0.05, 0) is 77.0 Å². The molecule has 1 aliphatic heterocycles. The van der Waals surface area contributed by atoms with Gasteiger partial charge < -0.3 is 34.3 Å². The van der Waals surface area contributed by atoms with Gasteiger partial charge in [-0.3, -0.25) is 14.1 Å². The number of unbranched alkanes of at least 4 members (excludes halogenated alkanes) is 15. The van der Waals surface area contributed by atoms with Gasteiger partial charge >= 0.3 is 11.9 Å². The largest absolute Gasteiger partial charge is 0.462 e. The molecule has 0 spiro atoms. The van der Waals surface area contributed by atoms with Gasteiger partial charge in [-0.2, -0.15) is 8.42 Å². The normalized spacial score (nSPS) is 20.7. The predicted octanol–water partition coefficient (Wildman–Crippen LogP) is 9.34. The Morgan fingerprint density at radius 3 is 1.58 bits per heavy atom. The molecule has 0 radical (unpaired) electrons. The highest BCUT2D eigenvalue weighted by Crippen LogP contribution is 2.24. The van der Waals surface area contributed by atoms with Gasteiger partial charge in [0, 0.05) is 12.8 Å². The Kier molecular flexibility index (Phi) is 34.1. The van der Waals surface area contributed by atoms with Gasteiger partial charge in [-0.15, -0.1) is 0 Å². The Labute approximate surface area is 362 Å². The van der Waals surface area contributed by atoms with Crippen LogP contribution in [0.5, 0.6) is 0 Å². The van der Waals surface area contributed by atoms with E-state index in [9.17, 15) is 37.9 Å². The van der Waals surface area contributed by atoms with Gasteiger partial charge in [0.1, 0.15) is 36.8 Å². The van der Waals surface area contributed by atoms with Crippen molar-refractivity contribution in [3.05, 3.63) is 60.8 Å². The van der Waals surface area contributed by atoms with Crippen LogP contribution in [0.3, 0.4) is 0 Å². The lowest BCUT2D eigenvalue weighted by atomic mass is 10.00. The lowest BCUT2D eigenvalue weighted by Gasteiger charge is -2.40. The third kappa shape index (κ3) is 31.2. The lowest BCUT2D eigenvalue weighted by Crippen LogP contribution is -2.60. The molecule has 0 bridgehead atoms. The second-order valence-corrected chi connectivity index (χ2v) is 17.2. The quantitative estimate of drug-likeness (QED) is 0.0201. The van der Waals surface area contributed by atoms with Crippen molar-refractivity contribution in [1.82, 2.24) is 0 Å². The predicted molar refractivity (Wildman–Crippen MR) is 238 cm³/mol. The minimum atomic E-state index is -4.61. The maximum absolute atomic E-state index is 12.8. The Hall–Kier alpha value is -2.65. The fourth-order valence-corrected chi connectivity index (χ4v) is 7.23. The first-order valence-corrected chi connectivity index (χ1v) is 24.5. The second-order valence-electron chi connectivity index (χ2n) is 15.7. The van der Waals surface area contributed by atoms with Gasteiger partial charge in [-0.1, -0.05) is 139 Å². The van der Waals surface area contributed by atoms with E-state index < -0.39 is 71.2 Å². The van der Waals surface area contributed by atoms with Crippen LogP contribution in [0.25, 0.3) is 0 Å². The van der Waals surface area contributed by atoms with Crippen LogP contribution in [-0.2, 0) is 38.7 Å². The zero-order valence-electron chi connectivity index (χ0n) is 36.8. The molecule has 1 heterocycles.